The summed E-state index contributed by atoms with van der Waals surface area (Å²) in [5.41, 5.74) is 0.924. The lowest BCUT2D eigenvalue weighted by molar-refractivity contribution is 1.33. The molecule has 0 unspecified atom stereocenters. The van der Waals surface area contributed by atoms with E-state index in [2.05, 4.69) is 10.3 Å². The van der Waals surface area contributed by atoms with Crippen molar-refractivity contribution in [2.75, 3.05) is 7.05 Å². The summed E-state index contributed by atoms with van der Waals surface area (Å²) < 4.78 is 0. The van der Waals surface area contributed by atoms with Gasteiger partial charge in [-0.15, -0.1) is 12.7 Å². The molecule has 0 aliphatic heterocycles. The van der Waals surface area contributed by atoms with Crippen molar-refractivity contribution in [1.82, 2.24) is 4.98 Å². The van der Waals surface area contributed by atoms with Crippen LogP contribution in [0.2, 0.25) is 0 Å². The molecule has 0 saturated heterocycles. The van der Waals surface area contributed by atoms with Gasteiger partial charge in [-0.3, -0.25) is 4.98 Å². The average Bonchev–Trinajstić information content (AvgIpc) is 1.90. The van der Waals surface area contributed by atoms with Crippen LogP contribution in [0.15, 0.2) is 24.5 Å². The van der Waals surface area contributed by atoms with Gasteiger partial charge in [0.2, 0.25) is 0 Å². The molecule has 0 saturated carbocycles. The molecule has 1 heterocycles. The highest BCUT2D eigenvalue weighted by Crippen LogP contribution is 2.10. The van der Waals surface area contributed by atoms with E-state index in [1.54, 1.807) is 19.4 Å². The third-order valence-electron chi connectivity index (χ3n) is 0.904. The van der Waals surface area contributed by atoms with E-state index in [0.717, 1.165) is 5.69 Å². The molecule has 8 heavy (non-hydrogen) atoms. The molecule has 0 atom stereocenters. The molecule has 0 aliphatic carbocycles. The fourth-order valence-electron chi connectivity index (χ4n) is 0.486. The van der Waals surface area contributed by atoms with Crippen molar-refractivity contribution in [2.45, 2.75) is 0 Å². The number of pyridine rings is 1. The van der Waals surface area contributed by atoms with Crippen molar-refractivity contribution in [3.05, 3.63) is 29.8 Å². The molecule has 0 bridgehead atoms. The smallest absolute Gasteiger partial charge is 0.0266 e. The van der Waals surface area contributed by atoms with Crippen molar-refractivity contribution in [2.24, 2.45) is 0 Å². The van der Waals surface area contributed by atoms with Crippen LogP contribution in [0.1, 0.15) is 0 Å². The molecule has 0 radical (unpaired) electrons. The summed E-state index contributed by atoms with van der Waals surface area (Å²) in [4.78, 5) is 3.86. The van der Waals surface area contributed by atoms with E-state index < -0.39 is 0 Å². The van der Waals surface area contributed by atoms with E-state index in [-0.39, 0.29) is 0 Å². The quantitative estimate of drug-likeness (QED) is 0.536. The lowest BCUT2D eigenvalue weighted by Crippen LogP contribution is -1.66. The minimum atomic E-state index is 0.924. The van der Waals surface area contributed by atoms with Crippen LogP contribution in [0.4, 0.5) is 5.69 Å². The van der Waals surface area contributed by atoms with Crippen molar-refractivity contribution in [1.29, 1.82) is 0 Å². The van der Waals surface area contributed by atoms with Gasteiger partial charge < -0.3 is 5.32 Å². The van der Waals surface area contributed by atoms with Gasteiger partial charge >= 0.3 is 0 Å². The standard InChI is InChI=1S/C6H7N2/c1-7-6-3-2-4-8-5-6/h2-5H,1H3/q-1. The first-order chi connectivity index (χ1) is 3.93. The second kappa shape index (κ2) is 2.31. The van der Waals surface area contributed by atoms with Gasteiger partial charge in [-0.1, -0.05) is 6.07 Å². The van der Waals surface area contributed by atoms with Gasteiger partial charge in [-0.2, -0.15) is 0 Å². The predicted octanol–water partition coefficient (Wildman–Crippen LogP) is 1.72. The Morgan fingerprint density at radius 1 is 1.62 bits per heavy atom. The van der Waals surface area contributed by atoms with Gasteiger partial charge in [0.1, 0.15) is 0 Å². The van der Waals surface area contributed by atoms with Crippen LogP contribution in [-0.2, 0) is 0 Å². The molecule has 42 valence electrons. The second-order valence-corrected chi connectivity index (χ2v) is 1.43. The molecule has 0 aliphatic rings. The zero-order valence-corrected chi connectivity index (χ0v) is 4.70. The van der Waals surface area contributed by atoms with Crippen LogP contribution in [0.25, 0.3) is 5.32 Å². The minimum Gasteiger partial charge on any atom is -0.686 e. The monoisotopic (exact) mass is 107 g/mol. The maximum Gasteiger partial charge on any atom is 0.0266 e. The van der Waals surface area contributed by atoms with Gasteiger partial charge in [0.05, 0.1) is 0 Å². The lowest BCUT2D eigenvalue weighted by Gasteiger charge is -2.09. The Balaban J connectivity index is 2.83. The Morgan fingerprint density at radius 2 is 2.50 bits per heavy atom. The highest BCUT2D eigenvalue weighted by atomic mass is 14.8. The van der Waals surface area contributed by atoms with Crippen LogP contribution >= 0.6 is 0 Å². The van der Waals surface area contributed by atoms with E-state index in [1.165, 1.54) is 0 Å². The van der Waals surface area contributed by atoms with Crippen LogP contribution in [-0.4, -0.2) is 12.0 Å². The van der Waals surface area contributed by atoms with E-state index in [1.807, 2.05) is 12.1 Å². The first-order valence-electron chi connectivity index (χ1n) is 2.43. The number of hydrogen-bond acceptors (Lipinski definition) is 1. The number of hydrogen-bond donors (Lipinski definition) is 0. The minimum absolute atomic E-state index is 0.924. The summed E-state index contributed by atoms with van der Waals surface area (Å²) in [6.07, 6.45) is 3.45. The number of rotatable bonds is 1. The largest absolute Gasteiger partial charge is 0.686 e. The Kier molecular flexibility index (Phi) is 1.47. The Labute approximate surface area is 48.6 Å². The summed E-state index contributed by atoms with van der Waals surface area (Å²) >= 11 is 0. The lowest BCUT2D eigenvalue weighted by atomic mass is 10.4. The Hall–Kier alpha value is -1.05. The van der Waals surface area contributed by atoms with Crippen molar-refractivity contribution < 1.29 is 0 Å². The third-order valence-corrected chi connectivity index (χ3v) is 0.904. The molecule has 0 fully saturated rings. The summed E-state index contributed by atoms with van der Waals surface area (Å²) in [6, 6.07) is 3.77. The van der Waals surface area contributed by atoms with E-state index in [4.69, 9.17) is 0 Å². The molecule has 0 spiro atoms. The van der Waals surface area contributed by atoms with Gasteiger partial charge in [0.25, 0.3) is 0 Å². The van der Waals surface area contributed by atoms with Crippen molar-refractivity contribution in [3.63, 3.8) is 0 Å². The molecule has 0 amide bonds. The molecule has 1 aromatic rings. The van der Waals surface area contributed by atoms with E-state index >= 15 is 0 Å². The summed E-state index contributed by atoms with van der Waals surface area (Å²) in [7, 11) is 1.75. The molecule has 1 rings (SSSR count). The molecular weight excluding hydrogens is 100 g/mol. The predicted molar refractivity (Wildman–Crippen MR) is 33.2 cm³/mol. The Morgan fingerprint density at radius 3 is 2.88 bits per heavy atom. The summed E-state index contributed by atoms with van der Waals surface area (Å²) in [5, 5.41) is 3.91. The molecule has 1 aromatic heterocycles. The van der Waals surface area contributed by atoms with Crippen LogP contribution < -0.4 is 0 Å². The van der Waals surface area contributed by atoms with E-state index in [9.17, 15) is 0 Å². The first kappa shape index (κ1) is 5.09. The summed E-state index contributed by atoms with van der Waals surface area (Å²) in [6.45, 7) is 0. The molecule has 0 aromatic carbocycles. The van der Waals surface area contributed by atoms with Crippen LogP contribution in [0, 0.1) is 0 Å². The molecular formula is C6H7N2-. The third kappa shape index (κ3) is 0.964. The molecule has 2 nitrogen and oxygen atoms in total. The van der Waals surface area contributed by atoms with E-state index in [0.29, 0.717) is 0 Å². The van der Waals surface area contributed by atoms with Crippen molar-refractivity contribution >= 4 is 5.69 Å². The SMILES string of the molecule is C[N-]c1cccnc1. The first-order valence-corrected chi connectivity index (χ1v) is 2.43. The zero-order valence-electron chi connectivity index (χ0n) is 4.70. The van der Waals surface area contributed by atoms with Gasteiger partial charge in [-0.05, 0) is 6.07 Å². The summed E-state index contributed by atoms with van der Waals surface area (Å²) in [5.74, 6) is 0. The normalized spacial score (nSPS) is 8.62. The maximum atomic E-state index is 3.91. The average molecular weight is 107 g/mol. The number of nitrogens with zero attached hydrogens (tertiary/aromatic N) is 2. The zero-order chi connectivity index (χ0) is 5.82. The number of aromatic nitrogens is 1. The van der Waals surface area contributed by atoms with Gasteiger partial charge in [0, 0.05) is 12.4 Å². The van der Waals surface area contributed by atoms with Crippen LogP contribution in [0.5, 0.6) is 0 Å². The fourth-order valence-corrected chi connectivity index (χ4v) is 0.486. The van der Waals surface area contributed by atoms with Crippen LogP contribution in [0.3, 0.4) is 0 Å². The van der Waals surface area contributed by atoms with Gasteiger partial charge in [-0.25, -0.2) is 0 Å². The molecule has 2 heteroatoms. The van der Waals surface area contributed by atoms with Gasteiger partial charge in [0.15, 0.2) is 0 Å². The maximum absolute atomic E-state index is 3.91. The van der Waals surface area contributed by atoms with Crippen molar-refractivity contribution in [3.8, 4) is 0 Å². The second-order valence-electron chi connectivity index (χ2n) is 1.43. The highest BCUT2D eigenvalue weighted by molar-refractivity contribution is 5.43. The molecule has 0 N–H and O–H groups in total. The highest BCUT2D eigenvalue weighted by Gasteiger charge is 1.69. The fraction of sp³-hybridized carbons (Fsp3) is 0.167. The topological polar surface area (TPSA) is 27.0 Å². The Bertz CT molecular complexity index is 148.